The van der Waals surface area contributed by atoms with Crippen molar-refractivity contribution in [2.45, 2.75) is 11.8 Å². The normalized spacial score (nSPS) is 11.2. The van der Waals surface area contributed by atoms with Crippen LogP contribution in [-0.4, -0.2) is 38.1 Å². The molecule has 0 fully saturated rings. The molecule has 9 heteroatoms. The zero-order valence-electron chi connectivity index (χ0n) is 14.2. The van der Waals surface area contributed by atoms with Crippen LogP contribution in [0.4, 0.5) is 11.4 Å². The third-order valence-corrected chi connectivity index (χ3v) is 5.45. The highest BCUT2D eigenvalue weighted by Crippen LogP contribution is 2.18. The van der Waals surface area contributed by atoms with Crippen molar-refractivity contribution in [2.24, 2.45) is 0 Å². The number of benzene rings is 2. The molecule has 0 heterocycles. The molecule has 26 heavy (non-hydrogen) atoms. The van der Waals surface area contributed by atoms with E-state index in [1.807, 2.05) is 0 Å². The molecule has 2 amide bonds. The average molecular weight is 396 g/mol. The molecule has 0 bridgehead atoms. The molecular formula is C17H18ClN3O4S. The van der Waals surface area contributed by atoms with Gasteiger partial charge in [0.05, 0.1) is 11.4 Å². The largest absolute Gasteiger partial charge is 0.326 e. The highest BCUT2D eigenvalue weighted by Gasteiger charge is 2.23. The number of nitrogens with one attached hydrogen (secondary N) is 2. The summed E-state index contributed by atoms with van der Waals surface area (Å²) in [5.74, 6) is -0.732. The van der Waals surface area contributed by atoms with Crippen molar-refractivity contribution in [3.8, 4) is 0 Å². The number of halogens is 1. The maximum absolute atomic E-state index is 12.5. The van der Waals surface area contributed by atoms with Crippen molar-refractivity contribution in [3.63, 3.8) is 0 Å². The van der Waals surface area contributed by atoms with Gasteiger partial charge in [-0.15, -0.1) is 0 Å². The van der Waals surface area contributed by atoms with Gasteiger partial charge in [-0.2, -0.15) is 4.31 Å². The predicted molar refractivity (Wildman–Crippen MR) is 101 cm³/mol. The molecule has 0 spiro atoms. The minimum Gasteiger partial charge on any atom is -0.326 e. The second-order valence-corrected chi connectivity index (χ2v) is 8.00. The van der Waals surface area contributed by atoms with E-state index in [1.54, 1.807) is 24.3 Å². The standard InChI is InChI=1S/C17H18ClN3O4S/c1-12(22)19-14-7-9-16(10-8-14)26(24,25)21(2)11-17(23)20-15-5-3-13(18)4-6-15/h3-10H,11H2,1-2H3,(H,19,22)(H,20,23). The Labute approximate surface area is 157 Å². The fourth-order valence-electron chi connectivity index (χ4n) is 2.11. The summed E-state index contributed by atoms with van der Waals surface area (Å²) in [5, 5.41) is 5.69. The molecule has 0 saturated heterocycles. The molecule has 0 aliphatic carbocycles. The molecular weight excluding hydrogens is 378 g/mol. The van der Waals surface area contributed by atoms with Gasteiger partial charge in [-0.05, 0) is 48.5 Å². The number of likely N-dealkylation sites (N-methyl/N-ethyl adjacent to an activating group) is 1. The Morgan fingerprint density at radius 2 is 1.46 bits per heavy atom. The van der Waals surface area contributed by atoms with E-state index in [0.717, 1.165) is 4.31 Å². The Morgan fingerprint density at radius 1 is 0.962 bits per heavy atom. The SMILES string of the molecule is CC(=O)Nc1ccc(S(=O)(=O)N(C)CC(=O)Nc2ccc(Cl)cc2)cc1. The number of amides is 2. The summed E-state index contributed by atoms with van der Waals surface area (Å²) in [6.07, 6.45) is 0. The lowest BCUT2D eigenvalue weighted by molar-refractivity contribution is -0.116. The van der Waals surface area contributed by atoms with Gasteiger partial charge in [0.15, 0.2) is 0 Å². The lowest BCUT2D eigenvalue weighted by Gasteiger charge is -2.17. The van der Waals surface area contributed by atoms with Crippen molar-refractivity contribution in [1.82, 2.24) is 4.31 Å². The number of hydrogen-bond donors (Lipinski definition) is 2. The monoisotopic (exact) mass is 395 g/mol. The number of rotatable bonds is 6. The van der Waals surface area contributed by atoms with Crippen molar-refractivity contribution in [1.29, 1.82) is 0 Å². The first-order chi connectivity index (χ1) is 12.2. The van der Waals surface area contributed by atoms with Gasteiger partial charge in [0, 0.05) is 30.4 Å². The van der Waals surface area contributed by atoms with Gasteiger partial charge in [-0.25, -0.2) is 8.42 Å². The van der Waals surface area contributed by atoms with Gasteiger partial charge in [0.1, 0.15) is 0 Å². The van der Waals surface area contributed by atoms with Crippen LogP contribution < -0.4 is 10.6 Å². The van der Waals surface area contributed by atoms with E-state index in [1.165, 1.54) is 38.2 Å². The van der Waals surface area contributed by atoms with E-state index in [0.29, 0.717) is 16.4 Å². The molecule has 2 rings (SSSR count). The number of hydrogen-bond acceptors (Lipinski definition) is 4. The predicted octanol–water partition coefficient (Wildman–Crippen LogP) is 2.56. The summed E-state index contributed by atoms with van der Waals surface area (Å²) >= 11 is 5.78. The molecule has 2 N–H and O–H groups in total. The highest BCUT2D eigenvalue weighted by molar-refractivity contribution is 7.89. The molecule has 7 nitrogen and oxygen atoms in total. The topological polar surface area (TPSA) is 95.6 Å². The van der Waals surface area contributed by atoms with Crippen LogP contribution >= 0.6 is 11.6 Å². The van der Waals surface area contributed by atoms with E-state index in [9.17, 15) is 18.0 Å². The molecule has 138 valence electrons. The fourth-order valence-corrected chi connectivity index (χ4v) is 3.37. The van der Waals surface area contributed by atoms with Crippen LogP contribution in [0.3, 0.4) is 0 Å². The summed E-state index contributed by atoms with van der Waals surface area (Å²) in [6.45, 7) is 1.01. The number of carbonyl (C=O) groups is 2. The Morgan fingerprint density at radius 3 is 2.00 bits per heavy atom. The third-order valence-electron chi connectivity index (χ3n) is 3.38. The van der Waals surface area contributed by atoms with E-state index >= 15 is 0 Å². The number of anilines is 2. The number of sulfonamides is 1. The van der Waals surface area contributed by atoms with Gasteiger partial charge < -0.3 is 10.6 Å². The van der Waals surface area contributed by atoms with Crippen LogP contribution in [-0.2, 0) is 19.6 Å². The molecule has 2 aromatic rings. The molecule has 2 aromatic carbocycles. The smallest absolute Gasteiger partial charge is 0.243 e. The summed E-state index contributed by atoms with van der Waals surface area (Å²) in [7, 11) is -2.52. The summed E-state index contributed by atoms with van der Waals surface area (Å²) < 4.78 is 26.0. The van der Waals surface area contributed by atoms with E-state index in [4.69, 9.17) is 11.6 Å². The van der Waals surface area contributed by atoms with Gasteiger partial charge >= 0.3 is 0 Å². The van der Waals surface area contributed by atoms with Gasteiger partial charge in [-0.3, -0.25) is 9.59 Å². The molecule has 0 aliphatic rings. The Hall–Kier alpha value is -2.42. The lowest BCUT2D eigenvalue weighted by Crippen LogP contribution is -2.34. The van der Waals surface area contributed by atoms with Gasteiger partial charge in [0.2, 0.25) is 21.8 Å². The third kappa shape index (κ3) is 5.29. The molecule has 0 aromatic heterocycles. The lowest BCUT2D eigenvalue weighted by atomic mass is 10.3. The minimum absolute atomic E-state index is 0.0217. The van der Waals surface area contributed by atoms with Crippen molar-refractivity contribution in [2.75, 3.05) is 24.2 Å². The quantitative estimate of drug-likeness (QED) is 0.785. The van der Waals surface area contributed by atoms with Crippen molar-refractivity contribution < 1.29 is 18.0 Å². The van der Waals surface area contributed by atoms with E-state index < -0.39 is 15.9 Å². The van der Waals surface area contributed by atoms with Crippen LogP contribution in [0.25, 0.3) is 0 Å². The Bertz CT molecular complexity index is 897. The molecule has 0 aliphatic heterocycles. The molecule has 0 unspecified atom stereocenters. The van der Waals surface area contributed by atoms with Crippen LogP contribution in [0, 0.1) is 0 Å². The Balaban J connectivity index is 2.04. The highest BCUT2D eigenvalue weighted by atomic mass is 35.5. The van der Waals surface area contributed by atoms with Crippen molar-refractivity contribution in [3.05, 3.63) is 53.6 Å². The summed E-state index contributed by atoms with van der Waals surface area (Å²) in [5.41, 5.74) is 1.00. The van der Waals surface area contributed by atoms with Crippen LogP contribution in [0.15, 0.2) is 53.4 Å². The van der Waals surface area contributed by atoms with Crippen LogP contribution in [0.2, 0.25) is 5.02 Å². The maximum atomic E-state index is 12.5. The van der Waals surface area contributed by atoms with E-state index in [-0.39, 0.29) is 17.3 Å². The Kier molecular flexibility index (Phi) is 6.36. The van der Waals surface area contributed by atoms with Gasteiger partial charge in [0.25, 0.3) is 0 Å². The first-order valence-corrected chi connectivity index (χ1v) is 9.40. The first kappa shape index (κ1) is 19.9. The first-order valence-electron chi connectivity index (χ1n) is 7.58. The zero-order valence-corrected chi connectivity index (χ0v) is 15.8. The second-order valence-electron chi connectivity index (χ2n) is 5.52. The molecule has 0 radical (unpaired) electrons. The van der Waals surface area contributed by atoms with E-state index in [2.05, 4.69) is 10.6 Å². The minimum atomic E-state index is -3.84. The number of nitrogens with zero attached hydrogens (tertiary/aromatic N) is 1. The number of carbonyl (C=O) groups excluding carboxylic acids is 2. The van der Waals surface area contributed by atoms with Crippen LogP contribution in [0.1, 0.15) is 6.92 Å². The average Bonchev–Trinajstić information content (AvgIpc) is 2.56. The molecule has 0 atom stereocenters. The fraction of sp³-hybridized carbons (Fsp3) is 0.176. The van der Waals surface area contributed by atoms with Crippen molar-refractivity contribution >= 4 is 44.8 Å². The second kappa shape index (κ2) is 8.31. The molecule has 0 saturated carbocycles. The summed E-state index contributed by atoms with van der Waals surface area (Å²) in [4.78, 5) is 23.1. The maximum Gasteiger partial charge on any atom is 0.243 e. The van der Waals surface area contributed by atoms with Gasteiger partial charge in [-0.1, -0.05) is 11.6 Å². The zero-order chi connectivity index (χ0) is 19.3. The van der Waals surface area contributed by atoms with Crippen LogP contribution in [0.5, 0.6) is 0 Å². The summed E-state index contributed by atoms with van der Waals surface area (Å²) in [6, 6.07) is 12.2.